The first kappa shape index (κ1) is 29.8. The van der Waals surface area contributed by atoms with Gasteiger partial charge in [0.2, 0.25) is 5.91 Å². The summed E-state index contributed by atoms with van der Waals surface area (Å²) in [4.78, 5) is 31.8. The highest BCUT2D eigenvalue weighted by Crippen LogP contribution is 2.38. The molecule has 2 aromatic carbocycles. The number of rotatable bonds is 9. The van der Waals surface area contributed by atoms with Crippen molar-refractivity contribution in [1.29, 1.82) is 5.26 Å². The lowest BCUT2D eigenvalue weighted by molar-refractivity contribution is -0.115. The molecule has 0 radical (unpaired) electrons. The lowest BCUT2D eigenvalue weighted by Crippen LogP contribution is -2.23. The van der Waals surface area contributed by atoms with Crippen molar-refractivity contribution in [3.05, 3.63) is 81.7 Å². The largest absolute Gasteiger partial charge is 0.497 e. The molecule has 0 aliphatic rings. The Morgan fingerprint density at radius 3 is 2.34 bits per heavy atom. The SMILES string of the molecule is CCOC(=O)c1c(NC(=O)C(C)Sc2nc(-c3ccc(C)cc3)cc(-c3ccc(OC)cc3)c2C#N)sc(C)c1C. The zero-order chi connectivity index (χ0) is 29.7. The maximum absolute atomic E-state index is 13.4. The molecule has 1 N–H and O–H groups in total. The van der Waals surface area contributed by atoms with Gasteiger partial charge in [-0.3, -0.25) is 4.79 Å². The summed E-state index contributed by atoms with van der Waals surface area (Å²) in [6, 6.07) is 19.7. The number of carbonyl (C=O) groups excluding carboxylic acids is 2. The number of nitriles is 1. The Labute approximate surface area is 248 Å². The van der Waals surface area contributed by atoms with Crippen LogP contribution in [0.1, 0.15) is 45.8 Å². The van der Waals surface area contributed by atoms with Gasteiger partial charge in [0.05, 0.1) is 35.8 Å². The molecule has 4 aromatic rings. The smallest absolute Gasteiger partial charge is 0.341 e. The fourth-order valence-corrected chi connectivity index (χ4v) is 6.16. The number of thiophene rings is 1. The monoisotopic (exact) mass is 585 g/mol. The molecule has 41 heavy (non-hydrogen) atoms. The highest BCUT2D eigenvalue weighted by Gasteiger charge is 2.26. The summed E-state index contributed by atoms with van der Waals surface area (Å²) in [5, 5.41) is 13.4. The molecule has 9 heteroatoms. The van der Waals surface area contributed by atoms with Crippen LogP contribution in [0.25, 0.3) is 22.4 Å². The van der Waals surface area contributed by atoms with E-state index in [1.54, 1.807) is 21.0 Å². The Bertz CT molecular complexity index is 1620. The summed E-state index contributed by atoms with van der Waals surface area (Å²) >= 11 is 2.54. The predicted octanol–water partition coefficient (Wildman–Crippen LogP) is 7.58. The molecule has 0 spiro atoms. The fourth-order valence-electron chi connectivity index (χ4n) is 4.18. The first-order chi connectivity index (χ1) is 19.7. The number of nitrogens with zero attached hydrogens (tertiary/aromatic N) is 2. The van der Waals surface area contributed by atoms with Crippen LogP contribution < -0.4 is 10.1 Å². The number of carbonyl (C=O) groups is 2. The molecule has 1 unspecified atom stereocenters. The molecule has 2 heterocycles. The van der Waals surface area contributed by atoms with Gasteiger partial charge in [0.25, 0.3) is 0 Å². The zero-order valence-electron chi connectivity index (χ0n) is 23.8. The summed E-state index contributed by atoms with van der Waals surface area (Å²) in [6.07, 6.45) is 0. The van der Waals surface area contributed by atoms with Gasteiger partial charge in [-0.1, -0.05) is 53.7 Å². The number of esters is 1. The van der Waals surface area contributed by atoms with Crippen LogP contribution >= 0.6 is 23.1 Å². The Morgan fingerprint density at radius 1 is 1.07 bits per heavy atom. The van der Waals surface area contributed by atoms with Crippen molar-refractivity contribution in [2.75, 3.05) is 19.0 Å². The number of pyridine rings is 1. The average molecular weight is 586 g/mol. The van der Waals surface area contributed by atoms with E-state index in [-0.39, 0.29) is 12.5 Å². The zero-order valence-corrected chi connectivity index (χ0v) is 25.5. The van der Waals surface area contributed by atoms with E-state index in [4.69, 9.17) is 14.5 Å². The standard InChI is InChI=1S/C32H31N3O4S2/c1-7-39-32(37)28-19(3)20(4)40-31(28)35-29(36)21(5)41-30-26(17-33)25(22-12-14-24(38-6)15-13-22)16-27(34-30)23-10-8-18(2)9-11-23/h8-16,21H,7H2,1-6H3,(H,35,36). The molecule has 0 fully saturated rings. The minimum Gasteiger partial charge on any atom is -0.497 e. The number of ether oxygens (including phenoxy) is 2. The third-order valence-corrected chi connectivity index (χ3v) is 8.81. The highest BCUT2D eigenvalue weighted by molar-refractivity contribution is 8.00. The van der Waals surface area contributed by atoms with Crippen molar-refractivity contribution in [3.63, 3.8) is 0 Å². The molecular weight excluding hydrogens is 555 g/mol. The Kier molecular flexibility index (Phi) is 9.48. The van der Waals surface area contributed by atoms with Crippen LogP contribution in [0.3, 0.4) is 0 Å². The number of thioether (sulfide) groups is 1. The number of anilines is 1. The summed E-state index contributed by atoms with van der Waals surface area (Å²) in [7, 11) is 1.60. The molecule has 7 nitrogen and oxygen atoms in total. The first-order valence-electron chi connectivity index (χ1n) is 13.1. The number of methoxy groups -OCH3 is 1. The van der Waals surface area contributed by atoms with Crippen LogP contribution in [0.2, 0.25) is 0 Å². The van der Waals surface area contributed by atoms with Crippen LogP contribution in [-0.4, -0.2) is 35.8 Å². The van der Waals surface area contributed by atoms with Gasteiger partial charge in [-0.15, -0.1) is 11.3 Å². The number of hydrogen-bond acceptors (Lipinski definition) is 8. The van der Waals surface area contributed by atoms with E-state index in [9.17, 15) is 14.9 Å². The number of amides is 1. The third kappa shape index (κ3) is 6.62. The lowest BCUT2D eigenvalue weighted by atomic mass is 9.99. The van der Waals surface area contributed by atoms with Crippen LogP contribution in [0.4, 0.5) is 5.00 Å². The van der Waals surface area contributed by atoms with Crippen molar-refractivity contribution in [3.8, 4) is 34.2 Å². The Hall–Kier alpha value is -4.13. The summed E-state index contributed by atoms with van der Waals surface area (Å²) < 4.78 is 10.5. The quantitative estimate of drug-likeness (QED) is 0.160. The maximum atomic E-state index is 13.4. The minimum absolute atomic E-state index is 0.239. The van der Waals surface area contributed by atoms with E-state index in [1.165, 1.54) is 23.1 Å². The molecule has 0 aliphatic carbocycles. The highest BCUT2D eigenvalue weighted by atomic mass is 32.2. The molecule has 0 saturated heterocycles. The fraction of sp³-hybridized carbons (Fsp3) is 0.250. The van der Waals surface area contributed by atoms with Gasteiger partial charge >= 0.3 is 5.97 Å². The predicted molar refractivity (Wildman–Crippen MR) is 165 cm³/mol. The molecule has 1 amide bonds. The van der Waals surface area contributed by atoms with Gasteiger partial charge < -0.3 is 14.8 Å². The van der Waals surface area contributed by atoms with Gasteiger partial charge in [-0.25, -0.2) is 9.78 Å². The van der Waals surface area contributed by atoms with Crippen LogP contribution in [0.15, 0.2) is 59.6 Å². The van der Waals surface area contributed by atoms with E-state index < -0.39 is 11.2 Å². The Morgan fingerprint density at radius 2 is 1.73 bits per heavy atom. The molecule has 0 bridgehead atoms. The number of benzene rings is 2. The minimum atomic E-state index is -0.621. The van der Waals surface area contributed by atoms with E-state index in [1.807, 2.05) is 75.4 Å². The van der Waals surface area contributed by atoms with Crippen molar-refractivity contribution in [2.24, 2.45) is 0 Å². The van der Waals surface area contributed by atoms with E-state index in [0.717, 1.165) is 27.1 Å². The second-order valence-electron chi connectivity index (χ2n) is 9.40. The summed E-state index contributed by atoms with van der Waals surface area (Å²) in [5.41, 5.74) is 5.80. The Balaban J connectivity index is 1.72. The average Bonchev–Trinajstić information content (AvgIpc) is 3.25. The molecule has 0 saturated carbocycles. The van der Waals surface area contributed by atoms with Gasteiger partial charge in [0.1, 0.15) is 21.8 Å². The lowest BCUT2D eigenvalue weighted by Gasteiger charge is -2.16. The van der Waals surface area contributed by atoms with Crippen LogP contribution in [0, 0.1) is 32.1 Å². The molecular formula is C32H31N3O4S2. The first-order valence-corrected chi connectivity index (χ1v) is 14.8. The number of nitrogens with one attached hydrogen (secondary N) is 1. The number of aromatic nitrogens is 1. The third-order valence-electron chi connectivity index (χ3n) is 6.61. The molecule has 0 aliphatic heterocycles. The number of hydrogen-bond donors (Lipinski definition) is 1. The van der Waals surface area contributed by atoms with Gasteiger partial charge in [0.15, 0.2) is 0 Å². The normalized spacial score (nSPS) is 11.4. The number of aryl methyl sites for hydroxylation is 2. The second-order valence-corrected chi connectivity index (χ2v) is 12.0. The summed E-state index contributed by atoms with van der Waals surface area (Å²) in [5.74, 6) is -0.0613. The van der Waals surface area contributed by atoms with Gasteiger partial charge in [-0.2, -0.15) is 5.26 Å². The summed E-state index contributed by atoms with van der Waals surface area (Å²) in [6.45, 7) is 9.50. The van der Waals surface area contributed by atoms with Crippen LogP contribution in [0.5, 0.6) is 5.75 Å². The molecule has 4 rings (SSSR count). The van der Waals surface area contributed by atoms with Crippen molar-refractivity contribution in [1.82, 2.24) is 4.98 Å². The van der Waals surface area contributed by atoms with Crippen LogP contribution in [-0.2, 0) is 9.53 Å². The van der Waals surface area contributed by atoms with Crippen molar-refractivity contribution < 1.29 is 19.1 Å². The van der Waals surface area contributed by atoms with Gasteiger partial charge in [-0.05, 0) is 63.9 Å². The van der Waals surface area contributed by atoms with E-state index >= 15 is 0 Å². The van der Waals surface area contributed by atoms with Crippen molar-refractivity contribution in [2.45, 2.75) is 44.9 Å². The topological polar surface area (TPSA) is 101 Å². The van der Waals surface area contributed by atoms with E-state index in [2.05, 4.69) is 11.4 Å². The van der Waals surface area contributed by atoms with Crippen molar-refractivity contribution >= 4 is 40.0 Å². The molecule has 1 atom stereocenters. The molecule has 2 aromatic heterocycles. The van der Waals surface area contributed by atoms with E-state index in [0.29, 0.717) is 38.2 Å². The molecule has 210 valence electrons. The second kappa shape index (κ2) is 13.0. The van der Waals surface area contributed by atoms with Gasteiger partial charge in [0, 0.05) is 16.0 Å². The maximum Gasteiger partial charge on any atom is 0.341 e.